The van der Waals surface area contributed by atoms with Gasteiger partial charge in [0.25, 0.3) is 0 Å². The fourth-order valence-electron chi connectivity index (χ4n) is 3.37. The molecule has 0 bridgehead atoms. The summed E-state index contributed by atoms with van der Waals surface area (Å²) in [6.07, 6.45) is 11.8. The molecule has 0 aromatic carbocycles. The van der Waals surface area contributed by atoms with Crippen LogP contribution in [0.15, 0.2) is 12.3 Å². The molecule has 1 aromatic heterocycles. The smallest absolute Gasteiger partial charge is 0.0650 e. The summed E-state index contributed by atoms with van der Waals surface area (Å²) >= 11 is 0. The van der Waals surface area contributed by atoms with Crippen LogP contribution in [-0.2, 0) is 6.42 Å². The molecule has 1 N–H and O–H groups in total. The molecule has 2 aliphatic rings. The fourth-order valence-corrected chi connectivity index (χ4v) is 3.37. The zero-order valence-electron chi connectivity index (χ0n) is 12.0. The van der Waals surface area contributed by atoms with Gasteiger partial charge in [-0.15, -0.1) is 0 Å². The number of aliphatic hydroxyl groups excluding tert-OH is 1. The Kier molecular flexibility index (Phi) is 3.92. The molecule has 2 aliphatic carbocycles. The Morgan fingerprint density at radius 2 is 2.00 bits per heavy atom. The summed E-state index contributed by atoms with van der Waals surface area (Å²) in [4.78, 5) is 0. The van der Waals surface area contributed by atoms with Crippen molar-refractivity contribution in [3.05, 3.63) is 18.0 Å². The van der Waals surface area contributed by atoms with E-state index in [1.807, 2.05) is 0 Å². The molecule has 3 nitrogen and oxygen atoms in total. The molecule has 19 heavy (non-hydrogen) atoms. The summed E-state index contributed by atoms with van der Waals surface area (Å²) in [7, 11) is 0. The van der Waals surface area contributed by atoms with E-state index in [0.29, 0.717) is 12.0 Å². The van der Waals surface area contributed by atoms with E-state index in [1.165, 1.54) is 44.9 Å². The van der Waals surface area contributed by atoms with Crippen molar-refractivity contribution in [1.82, 2.24) is 9.78 Å². The van der Waals surface area contributed by atoms with Gasteiger partial charge in [-0.05, 0) is 43.6 Å². The Balaban J connectivity index is 1.57. The summed E-state index contributed by atoms with van der Waals surface area (Å²) in [5.41, 5.74) is 1.06. The standard InChI is InChI=1S/C16H26N2O/c1-12(13-7-8-13)16(19)11-14-9-10-18(17-14)15-5-3-2-4-6-15/h9-10,12-13,15-16,19H,2-8,11H2,1H3. The molecule has 0 radical (unpaired) electrons. The number of rotatable bonds is 5. The van der Waals surface area contributed by atoms with Crippen molar-refractivity contribution in [3.8, 4) is 0 Å². The minimum Gasteiger partial charge on any atom is -0.392 e. The highest BCUT2D eigenvalue weighted by Gasteiger charge is 2.32. The van der Waals surface area contributed by atoms with E-state index in [2.05, 4.69) is 23.9 Å². The van der Waals surface area contributed by atoms with Crippen molar-refractivity contribution < 1.29 is 5.11 Å². The second-order valence-electron chi connectivity index (χ2n) is 6.55. The maximum atomic E-state index is 10.3. The highest BCUT2D eigenvalue weighted by molar-refractivity contribution is 5.03. The maximum absolute atomic E-state index is 10.3. The maximum Gasteiger partial charge on any atom is 0.0650 e. The molecule has 1 aromatic rings. The molecule has 0 spiro atoms. The molecule has 3 heteroatoms. The second kappa shape index (κ2) is 5.66. The first kappa shape index (κ1) is 13.2. The molecular weight excluding hydrogens is 236 g/mol. The lowest BCUT2D eigenvalue weighted by Crippen LogP contribution is -2.22. The zero-order chi connectivity index (χ0) is 13.2. The van der Waals surface area contributed by atoms with Gasteiger partial charge in [-0.2, -0.15) is 5.10 Å². The zero-order valence-corrected chi connectivity index (χ0v) is 12.0. The van der Waals surface area contributed by atoms with Crippen LogP contribution in [0.3, 0.4) is 0 Å². The summed E-state index contributed by atoms with van der Waals surface area (Å²) in [5, 5.41) is 14.9. The Bertz CT molecular complexity index is 405. The van der Waals surface area contributed by atoms with Crippen LogP contribution in [0.25, 0.3) is 0 Å². The predicted molar refractivity (Wildman–Crippen MR) is 75.9 cm³/mol. The van der Waals surface area contributed by atoms with Crippen LogP contribution < -0.4 is 0 Å². The first-order chi connectivity index (χ1) is 9.24. The van der Waals surface area contributed by atoms with Crippen LogP contribution in [0.5, 0.6) is 0 Å². The van der Waals surface area contributed by atoms with Gasteiger partial charge in [0.1, 0.15) is 0 Å². The van der Waals surface area contributed by atoms with Crippen LogP contribution in [0.1, 0.15) is 63.6 Å². The highest BCUT2D eigenvalue weighted by atomic mass is 16.3. The van der Waals surface area contributed by atoms with E-state index in [0.717, 1.165) is 18.0 Å². The van der Waals surface area contributed by atoms with Crippen LogP contribution >= 0.6 is 0 Å². The van der Waals surface area contributed by atoms with Gasteiger partial charge in [0.05, 0.1) is 17.8 Å². The van der Waals surface area contributed by atoms with Gasteiger partial charge in [0.15, 0.2) is 0 Å². The molecule has 2 unspecified atom stereocenters. The Morgan fingerprint density at radius 3 is 2.68 bits per heavy atom. The van der Waals surface area contributed by atoms with Crippen LogP contribution in [-0.4, -0.2) is 21.0 Å². The van der Waals surface area contributed by atoms with Gasteiger partial charge < -0.3 is 5.11 Å². The van der Waals surface area contributed by atoms with Crippen LogP contribution in [0, 0.1) is 11.8 Å². The van der Waals surface area contributed by atoms with Crippen molar-refractivity contribution in [2.45, 2.75) is 70.4 Å². The summed E-state index contributed by atoms with van der Waals surface area (Å²) in [5.74, 6) is 1.19. The molecule has 2 atom stereocenters. The van der Waals surface area contributed by atoms with Crippen molar-refractivity contribution >= 4 is 0 Å². The van der Waals surface area contributed by atoms with Gasteiger partial charge in [-0.3, -0.25) is 4.68 Å². The average Bonchev–Trinajstić information content (AvgIpc) is 3.19. The molecule has 2 saturated carbocycles. The number of hydrogen-bond donors (Lipinski definition) is 1. The van der Waals surface area contributed by atoms with E-state index in [1.54, 1.807) is 0 Å². The average molecular weight is 262 g/mol. The first-order valence-electron chi connectivity index (χ1n) is 7.96. The number of aliphatic hydroxyl groups is 1. The van der Waals surface area contributed by atoms with E-state index in [4.69, 9.17) is 5.10 Å². The predicted octanol–water partition coefficient (Wildman–Crippen LogP) is 3.34. The molecule has 0 saturated heterocycles. The van der Waals surface area contributed by atoms with Gasteiger partial charge >= 0.3 is 0 Å². The molecule has 2 fully saturated rings. The number of hydrogen-bond acceptors (Lipinski definition) is 2. The third-order valence-corrected chi connectivity index (χ3v) is 5.00. The van der Waals surface area contributed by atoms with Gasteiger partial charge in [0.2, 0.25) is 0 Å². The highest BCUT2D eigenvalue weighted by Crippen LogP contribution is 2.38. The molecule has 106 valence electrons. The molecule has 1 heterocycles. The third kappa shape index (κ3) is 3.19. The normalized spacial score (nSPS) is 24.3. The fraction of sp³-hybridized carbons (Fsp3) is 0.812. The Morgan fingerprint density at radius 1 is 1.26 bits per heavy atom. The van der Waals surface area contributed by atoms with Crippen molar-refractivity contribution in [3.63, 3.8) is 0 Å². The SMILES string of the molecule is CC(C(O)Cc1ccn(C2CCCCC2)n1)C1CC1. The van der Waals surface area contributed by atoms with E-state index in [9.17, 15) is 5.11 Å². The van der Waals surface area contributed by atoms with E-state index < -0.39 is 0 Å². The first-order valence-corrected chi connectivity index (χ1v) is 7.96. The van der Waals surface area contributed by atoms with Crippen molar-refractivity contribution in [2.24, 2.45) is 11.8 Å². The lowest BCUT2D eigenvalue weighted by molar-refractivity contribution is 0.104. The molecule has 3 rings (SSSR count). The van der Waals surface area contributed by atoms with Gasteiger partial charge in [-0.1, -0.05) is 26.2 Å². The van der Waals surface area contributed by atoms with Gasteiger partial charge in [-0.25, -0.2) is 0 Å². The largest absolute Gasteiger partial charge is 0.392 e. The van der Waals surface area contributed by atoms with Crippen molar-refractivity contribution in [2.75, 3.05) is 0 Å². The molecule has 0 aliphatic heterocycles. The van der Waals surface area contributed by atoms with E-state index in [-0.39, 0.29) is 6.10 Å². The summed E-state index contributed by atoms with van der Waals surface area (Å²) in [6.45, 7) is 2.18. The summed E-state index contributed by atoms with van der Waals surface area (Å²) in [6, 6.07) is 2.69. The van der Waals surface area contributed by atoms with Crippen LogP contribution in [0.2, 0.25) is 0 Å². The topological polar surface area (TPSA) is 38.0 Å². The number of nitrogens with zero attached hydrogens (tertiary/aromatic N) is 2. The molecule has 0 amide bonds. The lowest BCUT2D eigenvalue weighted by Gasteiger charge is -2.22. The lowest BCUT2D eigenvalue weighted by atomic mass is 9.96. The van der Waals surface area contributed by atoms with Gasteiger partial charge in [0, 0.05) is 12.6 Å². The Hall–Kier alpha value is -0.830. The van der Waals surface area contributed by atoms with Crippen LogP contribution in [0.4, 0.5) is 0 Å². The van der Waals surface area contributed by atoms with E-state index >= 15 is 0 Å². The minimum absolute atomic E-state index is 0.220. The Labute approximate surface area is 116 Å². The quantitative estimate of drug-likeness (QED) is 0.883. The number of aromatic nitrogens is 2. The minimum atomic E-state index is -0.220. The molecular formula is C16H26N2O. The monoisotopic (exact) mass is 262 g/mol. The summed E-state index contributed by atoms with van der Waals surface area (Å²) < 4.78 is 2.14. The third-order valence-electron chi connectivity index (χ3n) is 5.00. The van der Waals surface area contributed by atoms with Crippen molar-refractivity contribution in [1.29, 1.82) is 0 Å². The second-order valence-corrected chi connectivity index (χ2v) is 6.55.